The van der Waals surface area contributed by atoms with Crippen LogP contribution in [-0.2, 0) is 10.8 Å². The maximum Gasteiger partial charge on any atom is 0.0701 e. The first-order chi connectivity index (χ1) is 22.7. The van der Waals surface area contributed by atoms with E-state index in [1.165, 1.54) is 82.4 Å². The lowest BCUT2D eigenvalue weighted by Crippen LogP contribution is -2.14. The van der Waals surface area contributed by atoms with Crippen LogP contribution in [0.15, 0.2) is 134 Å². The number of rotatable bonds is 3. The molecule has 0 fully saturated rings. The number of benzene rings is 7. The van der Waals surface area contributed by atoms with Crippen LogP contribution < -0.4 is 0 Å². The molecule has 0 saturated carbocycles. The molecule has 0 N–H and O–H groups in total. The molecule has 0 spiro atoms. The molecule has 8 aromatic rings. The monoisotopic (exact) mass is 603 g/mol. The van der Waals surface area contributed by atoms with Crippen LogP contribution in [0.1, 0.15) is 51.3 Å². The highest BCUT2D eigenvalue weighted by atomic mass is 14.7. The molecular formula is C46H37N. The smallest absolute Gasteiger partial charge is 0.0701 e. The standard InChI is InChI=1S/C46H37N/c1-45(2,3)33-24-31-18-21-36-38(28-13-15-29(16-14-28)42-12-8-9-23-47-42)27-39(37-22-19-32(25-33)43(31)44(36)37)30-17-20-35-34-10-6-7-11-40(34)46(4,5)41(35)26-30/h6-27H,1-5H3. The van der Waals surface area contributed by atoms with Crippen molar-refractivity contribution >= 4 is 32.3 Å². The third-order valence-corrected chi connectivity index (χ3v) is 10.6. The van der Waals surface area contributed by atoms with Gasteiger partial charge >= 0.3 is 0 Å². The quantitative estimate of drug-likeness (QED) is 0.183. The Morgan fingerprint density at radius 2 is 1.11 bits per heavy atom. The van der Waals surface area contributed by atoms with Crippen LogP contribution in [0.25, 0.3) is 77.0 Å². The molecular weight excluding hydrogens is 567 g/mol. The summed E-state index contributed by atoms with van der Waals surface area (Å²) in [4.78, 5) is 4.59. The van der Waals surface area contributed by atoms with Gasteiger partial charge in [0.1, 0.15) is 0 Å². The topological polar surface area (TPSA) is 12.9 Å². The Hall–Kier alpha value is -5.27. The molecule has 0 saturated heterocycles. The highest BCUT2D eigenvalue weighted by Crippen LogP contribution is 2.51. The van der Waals surface area contributed by atoms with E-state index >= 15 is 0 Å². The van der Waals surface area contributed by atoms with Crippen LogP contribution in [0, 0.1) is 0 Å². The van der Waals surface area contributed by atoms with Gasteiger partial charge in [-0.15, -0.1) is 0 Å². The molecule has 1 heteroatoms. The lowest BCUT2D eigenvalue weighted by Gasteiger charge is -2.24. The fraction of sp³-hybridized carbons (Fsp3) is 0.152. The molecule has 1 aliphatic carbocycles. The second kappa shape index (κ2) is 9.86. The third-order valence-electron chi connectivity index (χ3n) is 10.6. The molecule has 0 aliphatic heterocycles. The van der Waals surface area contributed by atoms with Crippen molar-refractivity contribution in [1.29, 1.82) is 0 Å². The van der Waals surface area contributed by atoms with Crippen LogP contribution in [0.5, 0.6) is 0 Å². The van der Waals surface area contributed by atoms with Crippen molar-refractivity contribution in [1.82, 2.24) is 4.98 Å². The van der Waals surface area contributed by atoms with Crippen LogP contribution >= 0.6 is 0 Å². The average Bonchev–Trinajstić information content (AvgIpc) is 3.32. The summed E-state index contributed by atoms with van der Waals surface area (Å²) in [5, 5.41) is 7.93. The number of nitrogens with zero attached hydrogens (tertiary/aromatic N) is 1. The SMILES string of the molecule is CC(C)(C)c1cc2ccc3c(-c4ccc(-c5ccccn5)cc4)cc(-c4ccc5c(c4)C(C)(C)c4ccccc4-5)c4ccc(c1)c2c34. The van der Waals surface area contributed by atoms with E-state index in [-0.39, 0.29) is 10.8 Å². The van der Waals surface area contributed by atoms with Gasteiger partial charge in [0, 0.05) is 17.2 Å². The van der Waals surface area contributed by atoms with Crippen LogP contribution in [0.3, 0.4) is 0 Å². The molecule has 9 rings (SSSR count). The summed E-state index contributed by atoms with van der Waals surface area (Å²) < 4.78 is 0. The fourth-order valence-electron chi connectivity index (χ4n) is 8.05. The number of hydrogen-bond donors (Lipinski definition) is 0. The minimum atomic E-state index is -0.0563. The number of hydrogen-bond acceptors (Lipinski definition) is 1. The van der Waals surface area contributed by atoms with Gasteiger partial charge in [-0.1, -0.05) is 138 Å². The van der Waals surface area contributed by atoms with Gasteiger partial charge in [0.05, 0.1) is 5.69 Å². The Balaban J connectivity index is 1.32. The Bertz CT molecular complexity index is 2470. The van der Waals surface area contributed by atoms with Crippen molar-refractivity contribution in [3.8, 4) is 44.6 Å². The predicted octanol–water partition coefficient (Wildman–Crippen LogP) is 12.6. The number of pyridine rings is 1. The van der Waals surface area contributed by atoms with Gasteiger partial charge in [-0.3, -0.25) is 4.98 Å². The van der Waals surface area contributed by atoms with E-state index in [1.807, 2.05) is 18.3 Å². The molecule has 1 nitrogen and oxygen atoms in total. The summed E-state index contributed by atoms with van der Waals surface area (Å²) in [5.74, 6) is 0. The van der Waals surface area contributed by atoms with Crippen molar-refractivity contribution in [3.05, 3.63) is 150 Å². The van der Waals surface area contributed by atoms with Crippen molar-refractivity contribution in [2.24, 2.45) is 0 Å². The first-order valence-corrected chi connectivity index (χ1v) is 16.7. The first-order valence-electron chi connectivity index (χ1n) is 16.7. The van der Waals surface area contributed by atoms with E-state index in [4.69, 9.17) is 0 Å². The van der Waals surface area contributed by atoms with Crippen molar-refractivity contribution in [2.45, 2.75) is 45.4 Å². The van der Waals surface area contributed by atoms with E-state index in [0.29, 0.717) is 0 Å². The Labute approximate surface area is 276 Å². The van der Waals surface area contributed by atoms with Gasteiger partial charge in [0.2, 0.25) is 0 Å². The first kappa shape index (κ1) is 28.0. The summed E-state index contributed by atoms with van der Waals surface area (Å²) >= 11 is 0. The molecule has 0 amide bonds. The number of aromatic nitrogens is 1. The van der Waals surface area contributed by atoms with Crippen LogP contribution in [0.4, 0.5) is 0 Å². The molecule has 1 aliphatic rings. The van der Waals surface area contributed by atoms with Crippen molar-refractivity contribution in [2.75, 3.05) is 0 Å². The third kappa shape index (κ3) is 4.19. The van der Waals surface area contributed by atoms with Gasteiger partial charge in [0.15, 0.2) is 0 Å². The fourth-order valence-corrected chi connectivity index (χ4v) is 8.05. The zero-order chi connectivity index (χ0) is 32.1. The molecule has 0 bridgehead atoms. The van der Waals surface area contributed by atoms with E-state index in [2.05, 4.69) is 155 Å². The van der Waals surface area contributed by atoms with Gasteiger partial charge in [0.25, 0.3) is 0 Å². The van der Waals surface area contributed by atoms with Crippen molar-refractivity contribution < 1.29 is 0 Å². The second-order valence-electron chi connectivity index (χ2n) is 14.8. The largest absolute Gasteiger partial charge is 0.256 e. The van der Waals surface area contributed by atoms with Gasteiger partial charge in [-0.05, 0) is 112 Å². The van der Waals surface area contributed by atoms with Gasteiger partial charge < -0.3 is 0 Å². The summed E-state index contributed by atoms with van der Waals surface area (Å²) in [5.41, 5.74) is 14.1. The minimum Gasteiger partial charge on any atom is -0.256 e. The lowest BCUT2D eigenvalue weighted by molar-refractivity contribution is 0.591. The zero-order valence-corrected chi connectivity index (χ0v) is 27.6. The predicted molar refractivity (Wildman–Crippen MR) is 201 cm³/mol. The maximum atomic E-state index is 4.59. The molecule has 226 valence electrons. The molecule has 47 heavy (non-hydrogen) atoms. The summed E-state index contributed by atoms with van der Waals surface area (Å²) in [6, 6.07) is 47.7. The summed E-state index contributed by atoms with van der Waals surface area (Å²) in [6.07, 6.45) is 1.86. The summed E-state index contributed by atoms with van der Waals surface area (Å²) in [7, 11) is 0. The summed E-state index contributed by atoms with van der Waals surface area (Å²) in [6.45, 7) is 11.6. The maximum absolute atomic E-state index is 4.59. The number of fused-ring (bicyclic) bond motifs is 3. The molecule has 1 aromatic heterocycles. The van der Waals surface area contributed by atoms with E-state index in [0.717, 1.165) is 11.3 Å². The lowest BCUT2D eigenvalue weighted by atomic mass is 9.80. The second-order valence-corrected chi connectivity index (χ2v) is 14.8. The van der Waals surface area contributed by atoms with Crippen LogP contribution in [0.2, 0.25) is 0 Å². The molecule has 0 atom stereocenters. The van der Waals surface area contributed by atoms with Crippen LogP contribution in [-0.4, -0.2) is 4.98 Å². The van der Waals surface area contributed by atoms with E-state index < -0.39 is 0 Å². The minimum absolute atomic E-state index is 0.0563. The normalized spacial score (nSPS) is 13.8. The van der Waals surface area contributed by atoms with E-state index in [1.54, 1.807) is 0 Å². The molecule has 1 heterocycles. The highest BCUT2D eigenvalue weighted by Gasteiger charge is 2.35. The Morgan fingerprint density at radius 3 is 1.79 bits per heavy atom. The molecule has 0 radical (unpaired) electrons. The van der Waals surface area contributed by atoms with E-state index in [9.17, 15) is 0 Å². The molecule has 0 unspecified atom stereocenters. The Kier molecular flexibility index (Phi) is 5.88. The highest BCUT2D eigenvalue weighted by molar-refractivity contribution is 6.28. The molecule has 7 aromatic carbocycles. The zero-order valence-electron chi connectivity index (χ0n) is 27.6. The average molecular weight is 604 g/mol. The van der Waals surface area contributed by atoms with Gasteiger partial charge in [-0.25, -0.2) is 0 Å². The van der Waals surface area contributed by atoms with Crippen molar-refractivity contribution in [3.63, 3.8) is 0 Å². The Morgan fingerprint density at radius 1 is 0.489 bits per heavy atom. The van der Waals surface area contributed by atoms with Gasteiger partial charge in [-0.2, -0.15) is 0 Å².